The topological polar surface area (TPSA) is 60.9 Å². The fraction of sp³-hybridized carbons (Fsp3) is 0.867. The van der Waals surface area contributed by atoms with Crippen LogP contribution in [0.15, 0.2) is 0 Å². The van der Waals surface area contributed by atoms with E-state index in [2.05, 4.69) is 13.8 Å². The zero-order chi connectivity index (χ0) is 15.1. The zero-order valence-electron chi connectivity index (χ0n) is 13.0. The predicted octanol–water partition coefficient (Wildman–Crippen LogP) is 2.80. The van der Waals surface area contributed by atoms with Crippen molar-refractivity contribution in [2.75, 3.05) is 20.1 Å². The minimum atomic E-state index is -0.782. The average molecular weight is 284 g/mol. The van der Waals surface area contributed by atoms with Crippen LogP contribution >= 0.6 is 0 Å². The van der Waals surface area contributed by atoms with Gasteiger partial charge in [0, 0.05) is 32.6 Å². The number of likely N-dealkylation sites (tertiary alicyclic amines) is 1. The molecule has 0 saturated carbocycles. The second kappa shape index (κ2) is 8.12. The van der Waals surface area contributed by atoms with Crippen LogP contribution < -0.4 is 0 Å². The van der Waals surface area contributed by atoms with Gasteiger partial charge >= 0.3 is 12.0 Å². The van der Waals surface area contributed by atoms with E-state index in [9.17, 15) is 9.59 Å². The first-order chi connectivity index (χ1) is 9.45. The maximum Gasteiger partial charge on any atom is 0.319 e. The Morgan fingerprint density at radius 2 is 2.10 bits per heavy atom. The van der Waals surface area contributed by atoms with Crippen molar-refractivity contribution >= 4 is 12.0 Å². The molecule has 0 aromatic rings. The number of nitrogens with zero attached hydrogens (tertiary/aromatic N) is 2. The van der Waals surface area contributed by atoms with E-state index in [1.165, 1.54) is 0 Å². The largest absolute Gasteiger partial charge is 0.481 e. The minimum absolute atomic E-state index is 0.0559. The monoisotopic (exact) mass is 284 g/mol. The SMILES string of the molecule is CCC(C)CN(C)C(=O)N1CCCCC1CCC(=O)O. The second-order valence-corrected chi connectivity index (χ2v) is 5.95. The van der Waals surface area contributed by atoms with E-state index in [-0.39, 0.29) is 18.5 Å². The highest BCUT2D eigenvalue weighted by molar-refractivity contribution is 5.74. The molecule has 1 saturated heterocycles. The van der Waals surface area contributed by atoms with Crippen molar-refractivity contribution in [1.82, 2.24) is 9.80 Å². The third-order valence-corrected chi connectivity index (χ3v) is 4.17. The Balaban J connectivity index is 2.59. The molecule has 0 bridgehead atoms. The van der Waals surface area contributed by atoms with Crippen LogP contribution in [0.5, 0.6) is 0 Å². The normalized spacial score (nSPS) is 20.6. The molecule has 0 spiro atoms. The van der Waals surface area contributed by atoms with Crippen LogP contribution in [-0.4, -0.2) is 53.1 Å². The summed E-state index contributed by atoms with van der Waals surface area (Å²) in [6.07, 6.45) is 4.80. The van der Waals surface area contributed by atoms with Gasteiger partial charge in [-0.15, -0.1) is 0 Å². The quantitative estimate of drug-likeness (QED) is 0.816. The van der Waals surface area contributed by atoms with Crippen molar-refractivity contribution < 1.29 is 14.7 Å². The third-order valence-electron chi connectivity index (χ3n) is 4.17. The lowest BCUT2D eigenvalue weighted by molar-refractivity contribution is -0.137. The molecule has 1 heterocycles. The number of amides is 2. The second-order valence-electron chi connectivity index (χ2n) is 5.95. The predicted molar refractivity (Wildman–Crippen MR) is 78.7 cm³/mol. The highest BCUT2D eigenvalue weighted by Gasteiger charge is 2.29. The first-order valence-electron chi connectivity index (χ1n) is 7.69. The molecule has 2 atom stereocenters. The van der Waals surface area contributed by atoms with Gasteiger partial charge in [0.1, 0.15) is 0 Å². The number of rotatable bonds is 6. The molecule has 1 N–H and O–H groups in total. The van der Waals surface area contributed by atoms with Gasteiger partial charge in [-0.3, -0.25) is 4.79 Å². The molecule has 116 valence electrons. The Morgan fingerprint density at radius 3 is 2.70 bits per heavy atom. The summed E-state index contributed by atoms with van der Waals surface area (Å²) in [5, 5.41) is 8.82. The summed E-state index contributed by atoms with van der Waals surface area (Å²) in [4.78, 5) is 26.9. The van der Waals surface area contributed by atoms with Crippen LogP contribution in [0.2, 0.25) is 0 Å². The van der Waals surface area contributed by atoms with Crippen LogP contribution in [-0.2, 0) is 4.79 Å². The Morgan fingerprint density at radius 1 is 1.40 bits per heavy atom. The number of carbonyl (C=O) groups excluding carboxylic acids is 1. The Bertz CT molecular complexity index is 333. The molecule has 1 rings (SSSR count). The number of urea groups is 1. The molecular formula is C15H28N2O3. The molecule has 0 aromatic carbocycles. The molecule has 0 radical (unpaired) electrons. The number of carboxylic acid groups (broad SMARTS) is 1. The van der Waals surface area contributed by atoms with Crippen LogP contribution in [0.3, 0.4) is 0 Å². The summed E-state index contributed by atoms with van der Waals surface area (Å²) >= 11 is 0. The van der Waals surface area contributed by atoms with Crippen LogP contribution in [0.25, 0.3) is 0 Å². The Labute approximate surface area is 121 Å². The average Bonchev–Trinajstić information content (AvgIpc) is 2.44. The fourth-order valence-electron chi connectivity index (χ4n) is 2.74. The summed E-state index contributed by atoms with van der Waals surface area (Å²) < 4.78 is 0. The number of hydrogen-bond donors (Lipinski definition) is 1. The minimum Gasteiger partial charge on any atom is -0.481 e. The summed E-state index contributed by atoms with van der Waals surface area (Å²) in [5.41, 5.74) is 0. The van der Waals surface area contributed by atoms with Crippen molar-refractivity contribution in [3.05, 3.63) is 0 Å². The van der Waals surface area contributed by atoms with E-state index < -0.39 is 5.97 Å². The molecule has 1 aliphatic heterocycles. The summed E-state index contributed by atoms with van der Waals surface area (Å²) in [7, 11) is 1.84. The van der Waals surface area contributed by atoms with Gasteiger partial charge in [-0.1, -0.05) is 20.3 Å². The lowest BCUT2D eigenvalue weighted by atomic mass is 9.98. The van der Waals surface area contributed by atoms with Gasteiger partial charge in [-0.05, 0) is 31.6 Å². The Kier molecular flexibility index (Phi) is 6.82. The molecular weight excluding hydrogens is 256 g/mol. The molecule has 2 amide bonds. The molecule has 0 aromatic heterocycles. The highest BCUT2D eigenvalue weighted by Crippen LogP contribution is 2.22. The lowest BCUT2D eigenvalue weighted by Crippen LogP contribution is -2.50. The summed E-state index contributed by atoms with van der Waals surface area (Å²) in [5.74, 6) is -0.290. The van der Waals surface area contributed by atoms with Gasteiger partial charge in [0.05, 0.1) is 0 Å². The van der Waals surface area contributed by atoms with E-state index in [0.29, 0.717) is 12.3 Å². The third kappa shape index (κ3) is 5.02. The molecule has 5 heteroatoms. The zero-order valence-corrected chi connectivity index (χ0v) is 13.0. The standard InChI is InChI=1S/C15H28N2O3/c1-4-12(2)11-16(3)15(20)17-10-6-5-7-13(17)8-9-14(18)19/h12-13H,4-11H2,1-3H3,(H,18,19). The van der Waals surface area contributed by atoms with Gasteiger partial charge in [0.15, 0.2) is 0 Å². The summed E-state index contributed by atoms with van der Waals surface area (Å²) in [6, 6.07) is 0.145. The molecule has 1 fully saturated rings. The Hall–Kier alpha value is -1.26. The molecule has 1 aliphatic rings. The maximum absolute atomic E-state index is 12.5. The number of hydrogen-bond acceptors (Lipinski definition) is 2. The molecule has 5 nitrogen and oxygen atoms in total. The van der Waals surface area contributed by atoms with Crippen molar-refractivity contribution in [2.45, 2.75) is 58.4 Å². The van der Waals surface area contributed by atoms with Crippen molar-refractivity contribution in [2.24, 2.45) is 5.92 Å². The first kappa shape index (κ1) is 16.8. The smallest absolute Gasteiger partial charge is 0.319 e. The number of aliphatic carboxylic acids is 1. The van der Waals surface area contributed by atoms with Gasteiger partial charge in [-0.2, -0.15) is 0 Å². The van der Waals surface area contributed by atoms with Gasteiger partial charge in [0.25, 0.3) is 0 Å². The van der Waals surface area contributed by atoms with E-state index in [4.69, 9.17) is 5.11 Å². The van der Waals surface area contributed by atoms with Crippen LogP contribution in [0.1, 0.15) is 52.4 Å². The van der Waals surface area contributed by atoms with Gasteiger partial charge in [0.2, 0.25) is 0 Å². The van der Waals surface area contributed by atoms with Crippen molar-refractivity contribution in [3.63, 3.8) is 0 Å². The van der Waals surface area contributed by atoms with Crippen molar-refractivity contribution in [1.29, 1.82) is 0 Å². The molecule has 2 unspecified atom stereocenters. The van der Waals surface area contributed by atoms with Crippen LogP contribution in [0.4, 0.5) is 4.79 Å². The van der Waals surface area contributed by atoms with Gasteiger partial charge < -0.3 is 14.9 Å². The highest BCUT2D eigenvalue weighted by atomic mass is 16.4. The van der Waals surface area contributed by atoms with Crippen molar-refractivity contribution in [3.8, 4) is 0 Å². The van der Waals surface area contributed by atoms with E-state index in [0.717, 1.165) is 38.8 Å². The van der Waals surface area contributed by atoms with E-state index >= 15 is 0 Å². The first-order valence-corrected chi connectivity index (χ1v) is 7.69. The number of carboxylic acids is 1. The molecule has 0 aliphatic carbocycles. The molecule has 20 heavy (non-hydrogen) atoms. The maximum atomic E-state index is 12.5. The van der Waals surface area contributed by atoms with E-state index in [1.54, 1.807) is 4.90 Å². The van der Waals surface area contributed by atoms with E-state index in [1.807, 2.05) is 11.9 Å². The number of carbonyl (C=O) groups is 2. The number of piperidine rings is 1. The van der Waals surface area contributed by atoms with Gasteiger partial charge in [-0.25, -0.2) is 4.79 Å². The summed E-state index contributed by atoms with van der Waals surface area (Å²) in [6.45, 7) is 5.78. The van der Waals surface area contributed by atoms with Crippen LogP contribution in [0, 0.1) is 5.92 Å². The fourth-order valence-corrected chi connectivity index (χ4v) is 2.74. The lowest BCUT2D eigenvalue weighted by Gasteiger charge is -2.38.